The Bertz CT molecular complexity index is 986. The highest BCUT2D eigenvalue weighted by Gasteiger charge is 2.43. The van der Waals surface area contributed by atoms with Crippen LogP contribution in [0.1, 0.15) is 37.5 Å². The van der Waals surface area contributed by atoms with Crippen LogP contribution in [-0.2, 0) is 5.54 Å². The second-order valence-corrected chi connectivity index (χ2v) is 8.48. The predicted octanol–water partition coefficient (Wildman–Crippen LogP) is 6.70. The Kier molecular flexibility index (Phi) is 7.89. The summed E-state index contributed by atoms with van der Waals surface area (Å²) < 4.78 is 0. The van der Waals surface area contributed by atoms with Crippen LogP contribution >= 0.6 is 0 Å². The molecule has 3 aromatic carbocycles. The van der Waals surface area contributed by atoms with E-state index in [9.17, 15) is 0 Å². The van der Waals surface area contributed by atoms with Crippen molar-refractivity contribution < 1.29 is 0 Å². The van der Waals surface area contributed by atoms with Gasteiger partial charge in [-0.25, -0.2) is 0 Å². The number of benzene rings is 3. The number of aliphatic imine (C=N–C) groups is 1. The molecule has 33 heavy (non-hydrogen) atoms. The summed E-state index contributed by atoms with van der Waals surface area (Å²) in [4.78, 5) is 9.09. The monoisotopic (exact) mass is 437 g/mol. The molecule has 0 aliphatic heterocycles. The van der Waals surface area contributed by atoms with Crippen LogP contribution in [0, 0.1) is 0 Å². The van der Waals surface area contributed by atoms with Crippen LogP contribution in [0.3, 0.4) is 0 Å². The summed E-state index contributed by atoms with van der Waals surface area (Å²) in [5.74, 6) is 0.883. The fourth-order valence-electron chi connectivity index (χ4n) is 4.14. The lowest BCUT2D eigenvalue weighted by atomic mass is 9.75. The average Bonchev–Trinajstić information content (AvgIpc) is 2.86. The van der Waals surface area contributed by atoms with E-state index in [1.54, 1.807) is 0 Å². The van der Waals surface area contributed by atoms with Crippen molar-refractivity contribution in [2.45, 2.75) is 32.4 Å². The van der Waals surface area contributed by atoms with Gasteiger partial charge in [-0.15, -0.1) is 0 Å². The third-order valence-corrected chi connectivity index (χ3v) is 6.16. The highest BCUT2D eigenvalue weighted by molar-refractivity contribution is 5.84. The van der Waals surface area contributed by atoms with Crippen LogP contribution < -0.4 is 0 Å². The molecule has 0 saturated heterocycles. The van der Waals surface area contributed by atoms with E-state index in [-0.39, 0.29) is 0 Å². The molecule has 3 heteroatoms. The zero-order valence-electron chi connectivity index (χ0n) is 20.4. The Hall–Kier alpha value is -3.59. The summed E-state index contributed by atoms with van der Waals surface area (Å²) in [7, 11) is 3.92. The van der Waals surface area contributed by atoms with Gasteiger partial charge in [-0.3, -0.25) is 4.99 Å². The molecule has 0 saturated carbocycles. The van der Waals surface area contributed by atoms with Gasteiger partial charge in [0.25, 0.3) is 0 Å². The van der Waals surface area contributed by atoms with Crippen LogP contribution in [0.5, 0.6) is 0 Å². The number of hydrogen-bond acceptors (Lipinski definition) is 2. The van der Waals surface area contributed by atoms with E-state index in [0.29, 0.717) is 6.04 Å². The lowest BCUT2D eigenvalue weighted by Crippen LogP contribution is -2.49. The summed E-state index contributed by atoms with van der Waals surface area (Å²) in [5, 5.41) is 0. The molecule has 0 aliphatic rings. The molecular formula is C30H35N3. The normalized spacial score (nSPS) is 12.2. The zero-order valence-corrected chi connectivity index (χ0v) is 20.4. The molecule has 3 nitrogen and oxygen atoms in total. The van der Waals surface area contributed by atoms with E-state index in [1.165, 1.54) is 0 Å². The Morgan fingerprint density at radius 3 is 1.55 bits per heavy atom. The fraction of sp³-hybridized carbons (Fsp3) is 0.233. The quantitative estimate of drug-likeness (QED) is 0.169. The summed E-state index contributed by atoms with van der Waals surface area (Å²) in [5.41, 5.74) is 3.67. The molecule has 0 spiro atoms. The van der Waals surface area contributed by atoms with Crippen molar-refractivity contribution in [1.82, 2.24) is 9.80 Å². The molecule has 3 aromatic rings. The highest BCUT2D eigenvalue weighted by atomic mass is 15.3. The maximum atomic E-state index is 4.65. The summed E-state index contributed by atoms with van der Waals surface area (Å²) in [6.45, 7) is 10.9. The summed E-state index contributed by atoms with van der Waals surface area (Å²) in [6, 6.07) is 32.3. The number of nitrogens with zero attached hydrogens (tertiary/aromatic N) is 3. The molecule has 0 unspecified atom stereocenters. The number of rotatable bonds is 8. The molecule has 0 atom stereocenters. The first-order valence-electron chi connectivity index (χ1n) is 11.4. The van der Waals surface area contributed by atoms with Gasteiger partial charge in [0.15, 0.2) is 0 Å². The lowest BCUT2D eigenvalue weighted by Gasteiger charge is -2.47. The topological polar surface area (TPSA) is 18.8 Å². The highest BCUT2D eigenvalue weighted by Crippen LogP contribution is 2.44. The van der Waals surface area contributed by atoms with Gasteiger partial charge in [0.05, 0.1) is 0 Å². The van der Waals surface area contributed by atoms with Crippen LogP contribution in [0.15, 0.2) is 121 Å². The van der Waals surface area contributed by atoms with E-state index in [0.717, 1.165) is 28.2 Å². The molecule has 3 rings (SSSR count). The second-order valence-electron chi connectivity index (χ2n) is 8.48. The molecule has 0 amide bonds. The van der Waals surface area contributed by atoms with Crippen molar-refractivity contribution in [1.29, 1.82) is 0 Å². The van der Waals surface area contributed by atoms with Gasteiger partial charge in [-0.1, -0.05) is 97.6 Å². The summed E-state index contributed by atoms with van der Waals surface area (Å²) >= 11 is 0. The van der Waals surface area contributed by atoms with Crippen molar-refractivity contribution in [3.8, 4) is 0 Å². The SMILES string of the molecule is C=C(/C=C\N(C)C(C)C)N(C(C)=NC)C(c1ccccc1)(c1ccccc1)c1ccccc1. The Balaban J connectivity index is 2.38. The molecule has 0 N–H and O–H groups in total. The van der Waals surface area contributed by atoms with Crippen molar-refractivity contribution in [3.63, 3.8) is 0 Å². The summed E-state index contributed by atoms with van der Waals surface area (Å²) in [6.07, 6.45) is 4.17. The first kappa shape index (κ1) is 24.1. The van der Waals surface area contributed by atoms with Crippen LogP contribution in [0.4, 0.5) is 0 Å². The third kappa shape index (κ3) is 4.93. The lowest BCUT2D eigenvalue weighted by molar-refractivity contribution is 0.328. The molecule has 0 aliphatic carbocycles. The molecular weight excluding hydrogens is 402 g/mol. The largest absolute Gasteiger partial charge is 0.378 e. The maximum absolute atomic E-state index is 4.65. The second kappa shape index (κ2) is 10.8. The third-order valence-electron chi connectivity index (χ3n) is 6.16. The Morgan fingerprint density at radius 1 is 0.818 bits per heavy atom. The standard InChI is InChI=1S/C30H35N3/c1-24(2)32(6)23-22-25(3)33(26(4)31-5)30(27-16-10-7-11-17-27,28-18-12-8-13-19-28)29-20-14-9-15-21-29/h7-24H,3H2,1-2,4-6H3/b23-22-,31-26?. The molecule has 0 aromatic heterocycles. The van der Waals surface area contributed by atoms with Gasteiger partial charge in [-0.05, 0) is 43.5 Å². The number of allylic oxidation sites excluding steroid dienone is 1. The molecule has 0 bridgehead atoms. The first-order valence-corrected chi connectivity index (χ1v) is 11.4. The van der Waals surface area contributed by atoms with Crippen molar-refractivity contribution in [2.24, 2.45) is 4.99 Å². The van der Waals surface area contributed by atoms with Crippen molar-refractivity contribution in [2.75, 3.05) is 14.1 Å². The van der Waals surface area contributed by atoms with Gasteiger partial charge in [0.1, 0.15) is 11.4 Å². The molecule has 0 fully saturated rings. The smallest absolute Gasteiger partial charge is 0.122 e. The minimum absolute atomic E-state index is 0.394. The maximum Gasteiger partial charge on any atom is 0.122 e. The van der Waals surface area contributed by atoms with Crippen LogP contribution in [0.25, 0.3) is 0 Å². The van der Waals surface area contributed by atoms with E-state index in [1.807, 2.05) is 7.05 Å². The van der Waals surface area contributed by atoms with E-state index in [4.69, 9.17) is 0 Å². The molecule has 170 valence electrons. The zero-order chi connectivity index (χ0) is 23.8. The Labute approximate surface area is 199 Å². The van der Waals surface area contributed by atoms with E-state index in [2.05, 4.69) is 152 Å². The number of amidine groups is 1. The minimum atomic E-state index is -0.648. The average molecular weight is 438 g/mol. The fourth-order valence-corrected chi connectivity index (χ4v) is 4.14. The van der Waals surface area contributed by atoms with Crippen LogP contribution in [0.2, 0.25) is 0 Å². The van der Waals surface area contributed by atoms with Crippen molar-refractivity contribution >= 4 is 5.84 Å². The Morgan fingerprint density at radius 2 is 1.21 bits per heavy atom. The van der Waals surface area contributed by atoms with E-state index >= 15 is 0 Å². The molecule has 0 heterocycles. The first-order chi connectivity index (χ1) is 15.9. The van der Waals surface area contributed by atoms with Crippen molar-refractivity contribution in [3.05, 3.63) is 132 Å². The predicted molar refractivity (Wildman–Crippen MR) is 141 cm³/mol. The number of hydrogen-bond donors (Lipinski definition) is 0. The van der Waals surface area contributed by atoms with Gasteiger partial charge in [-0.2, -0.15) is 0 Å². The van der Waals surface area contributed by atoms with E-state index < -0.39 is 5.54 Å². The van der Waals surface area contributed by atoms with Gasteiger partial charge in [0, 0.05) is 32.0 Å². The molecule has 0 radical (unpaired) electrons. The minimum Gasteiger partial charge on any atom is -0.378 e. The van der Waals surface area contributed by atoms with Gasteiger partial charge >= 0.3 is 0 Å². The van der Waals surface area contributed by atoms with Gasteiger partial charge < -0.3 is 9.80 Å². The van der Waals surface area contributed by atoms with Crippen LogP contribution in [-0.4, -0.2) is 35.8 Å². The van der Waals surface area contributed by atoms with Gasteiger partial charge in [0.2, 0.25) is 0 Å².